The lowest BCUT2D eigenvalue weighted by Gasteiger charge is -2.15. The smallest absolute Gasteiger partial charge is 0.292 e. The fraction of sp³-hybridized carbons (Fsp3) is 0.385. The Morgan fingerprint density at radius 3 is 2.45 bits per heavy atom. The van der Waals surface area contributed by atoms with Gasteiger partial charge in [0.2, 0.25) is 0 Å². The molecule has 0 fully saturated rings. The maximum Gasteiger partial charge on any atom is 0.417 e. The summed E-state index contributed by atoms with van der Waals surface area (Å²) in [4.78, 5) is 15.9. The summed E-state index contributed by atoms with van der Waals surface area (Å²) in [5.41, 5.74) is -1.15. The number of rotatable bonds is 4. The van der Waals surface area contributed by atoms with Gasteiger partial charge in [-0.15, -0.1) is 0 Å². The molecule has 0 bridgehead atoms. The van der Waals surface area contributed by atoms with Crippen molar-refractivity contribution in [1.82, 2.24) is 0 Å². The Morgan fingerprint density at radius 1 is 1.40 bits per heavy atom. The Hall–Kier alpha value is -1.23. The predicted octanol–water partition coefficient (Wildman–Crippen LogP) is 4.67. The van der Waals surface area contributed by atoms with Crippen LogP contribution in [0.2, 0.25) is 5.02 Å². The van der Waals surface area contributed by atoms with Crippen LogP contribution in [0.1, 0.15) is 29.8 Å². The molecule has 0 saturated heterocycles. The largest absolute Gasteiger partial charge is 0.417 e. The second-order valence-electron chi connectivity index (χ2n) is 4.47. The first kappa shape index (κ1) is 16.8. The standard InChI is InChI=1S/C13H11ClF3NOS/c1-7(2)11(18-6-20)12(19)8-3-4-10(14)9(5-8)13(15,16)17/h3-5,7,11H,1-2H3. The van der Waals surface area contributed by atoms with Crippen molar-refractivity contribution in [3.63, 3.8) is 0 Å². The van der Waals surface area contributed by atoms with Crippen molar-refractivity contribution >= 4 is 34.8 Å². The number of halogens is 4. The van der Waals surface area contributed by atoms with Crippen molar-refractivity contribution in [3.8, 4) is 0 Å². The van der Waals surface area contributed by atoms with Gasteiger partial charge in [0.15, 0.2) is 5.78 Å². The van der Waals surface area contributed by atoms with Gasteiger partial charge in [-0.05, 0) is 36.3 Å². The van der Waals surface area contributed by atoms with Crippen LogP contribution < -0.4 is 0 Å². The topological polar surface area (TPSA) is 29.4 Å². The SMILES string of the molecule is CC(C)C(N=C=S)C(=O)c1ccc(Cl)c(C(F)(F)F)c1. The number of nitrogens with zero attached hydrogens (tertiary/aromatic N) is 1. The second kappa shape index (κ2) is 6.48. The monoisotopic (exact) mass is 321 g/mol. The van der Waals surface area contributed by atoms with E-state index in [1.807, 2.05) is 0 Å². The van der Waals surface area contributed by atoms with Crippen LogP contribution in [0.3, 0.4) is 0 Å². The number of hydrogen-bond acceptors (Lipinski definition) is 3. The zero-order chi connectivity index (χ0) is 15.5. The van der Waals surface area contributed by atoms with E-state index < -0.39 is 28.6 Å². The Morgan fingerprint density at radius 2 is 2.00 bits per heavy atom. The number of hydrogen-bond donors (Lipinski definition) is 0. The van der Waals surface area contributed by atoms with E-state index in [9.17, 15) is 18.0 Å². The van der Waals surface area contributed by atoms with Gasteiger partial charge in [-0.25, -0.2) is 4.99 Å². The number of carbonyl (C=O) groups is 1. The van der Waals surface area contributed by atoms with Crippen LogP contribution in [0.15, 0.2) is 23.2 Å². The van der Waals surface area contributed by atoms with Crippen LogP contribution in [-0.2, 0) is 6.18 Å². The molecule has 0 aromatic heterocycles. The van der Waals surface area contributed by atoms with Crippen LogP contribution in [-0.4, -0.2) is 17.0 Å². The molecule has 2 nitrogen and oxygen atoms in total. The molecule has 0 aliphatic carbocycles. The lowest BCUT2D eigenvalue weighted by molar-refractivity contribution is -0.137. The van der Waals surface area contributed by atoms with Crippen molar-refractivity contribution in [1.29, 1.82) is 0 Å². The summed E-state index contributed by atoms with van der Waals surface area (Å²) < 4.78 is 38.3. The van der Waals surface area contributed by atoms with E-state index in [4.69, 9.17) is 11.6 Å². The first-order valence-electron chi connectivity index (χ1n) is 5.66. The van der Waals surface area contributed by atoms with Gasteiger partial charge in [0.1, 0.15) is 6.04 Å². The molecule has 1 unspecified atom stereocenters. The molecule has 0 N–H and O–H groups in total. The maximum atomic E-state index is 12.8. The van der Waals surface area contributed by atoms with E-state index in [0.717, 1.165) is 12.1 Å². The average Bonchev–Trinajstić information content (AvgIpc) is 2.34. The van der Waals surface area contributed by atoms with Gasteiger partial charge < -0.3 is 0 Å². The highest BCUT2D eigenvalue weighted by Gasteiger charge is 2.34. The quantitative estimate of drug-likeness (QED) is 0.458. The summed E-state index contributed by atoms with van der Waals surface area (Å²) in [6.45, 7) is 3.44. The Bertz CT molecular complexity index is 565. The third kappa shape index (κ3) is 3.88. The normalized spacial score (nSPS) is 12.9. The highest BCUT2D eigenvalue weighted by molar-refractivity contribution is 7.78. The van der Waals surface area contributed by atoms with Gasteiger partial charge in [0.05, 0.1) is 15.7 Å². The van der Waals surface area contributed by atoms with Crippen molar-refractivity contribution in [2.45, 2.75) is 26.1 Å². The molecule has 1 aromatic carbocycles. The summed E-state index contributed by atoms with van der Waals surface area (Å²) in [7, 11) is 0. The van der Waals surface area contributed by atoms with E-state index in [2.05, 4.69) is 22.4 Å². The van der Waals surface area contributed by atoms with Gasteiger partial charge in [0, 0.05) is 5.56 Å². The zero-order valence-electron chi connectivity index (χ0n) is 10.7. The number of ketones is 1. The van der Waals surface area contributed by atoms with E-state index in [1.54, 1.807) is 13.8 Å². The molecule has 0 aliphatic heterocycles. The lowest BCUT2D eigenvalue weighted by Crippen LogP contribution is -2.25. The zero-order valence-corrected chi connectivity index (χ0v) is 12.2. The molecule has 7 heteroatoms. The van der Waals surface area contributed by atoms with Crippen molar-refractivity contribution in [2.24, 2.45) is 10.9 Å². The minimum Gasteiger partial charge on any atom is -0.292 e. The van der Waals surface area contributed by atoms with Crippen LogP contribution in [0.5, 0.6) is 0 Å². The average molecular weight is 322 g/mol. The summed E-state index contributed by atoms with van der Waals surface area (Å²) >= 11 is 9.96. The molecule has 0 saturated carbocycles. The van der Waals surface area contributed by atoms with E-state index in [0.29, 0.717) is 0 Å². The van der Waals surface area contributed by atoms with Gasteiger partial charge in [-0.2, -0.15) is 13.2 Å². The van der Waals surface area contributed by atoms with Crippen molar-refractivity contribution < 1.29 is 18.0 Å². The van der Waals surface area contributed by atoms with Crippen molar-refractivity contribution in [2.75, 3.05) is 0 Å². The van der Waals surface area contributed by atoms with E-state index in [-0.39, 0.29) is 11.5 Å². The summed E-state index contributed by atoms with van der Waals surface area (Å²) in [5, 5.41) is 1.64. The molecule has 108 valence electrons. The van der Waals surface area contributed by atoms with Gasteiger partial charge in [-0.3, -0.25) is 4.79 Å². The number of benzene rings is 1. The third-order valence-corrected chi connectivity index (χ3v) is 3.08. The number of carbonyl (C=O) groups excluding carboxylic acids is 1. The Balaban J connectivity index is 3.27. The van der Waals surface area contributed by atoms with Gasteiger partial charge in [-0.1, -0.05) is 25.4 Å². The minimum absolute atomic E-state index is 0.102. The van der Waals surface area contributed by atoms with E-state index in [1.165, 1.54) is 6.07 Å². The molecular formula is C13H11ClF3NOS. The molecule has 1 atom stereocenters. The fourth-order valence-corrected chi connectivity index (χ4v) is 1.97. The predicted molar refractivity (Wildman–Crippen MR) is 74.4 cm³/mol. The number of thiocarbonyl (C=S) groups is 1. The lowest BCUT2D eigenvalue weighted by atomic mass is 9.94. The van der Waals surface area contributed by atoms with Crippen LogP contribution in [0, 0.1) is 5.92 Å². The summed E-state index contributed by atoms with van der Waals surface area (Å²) in [6, 6.07) is 2.18. The number of aliphatic imine (C=N–C) groups is 1. The number of Topliss-reactive ketones (excluding diaryl/α,β-unsaturated/α-hetero) is 1. The summed E-state index contributed by atoms with van der Waals surface area (Å²) in [6.07, 6.45) is -4.62. The van der Waals surface area contributed by atoms with Crippen LogP contribution >= 0.6 is 23.8 Å². The highest BCUT2D eigenvalue weighted by atomic mass is 35.5. The van der Waals surface area contributed by atoms with E-state index >= 15 is 0 Å². The fourth-order valence-electron chi connectivity index (χ4n) is 1.63. The molecule has 1 aromatic rings. The van der Waals surface area contributed by atoms with Crippen LogP contribution in [0.4, 0.5) is 13.2 Å². The molecule has 0 radical (unpaired) electrons. The molecule has 1 rings (SSSR count). The minimum atomic E-state index is -4.62. The summed E-state index contributed by atoms with van der Waals surface area (Å²) in [5.74, 6) is -0.748. The number of isothiocyanates is 1. The van der Waals surface area contributed by atoms with Gasteiger partial charge >= 0.3 is 6.18 Å². The maximum absolute atomic E-state index is 12.8. The molecule has 0 spiro atoms. The molecular weight excluding hydrogens is 311 g/mol. The second-order valence-corrected chi connectivity index (χ2v) is 5.06. The highest BCUT2D eigenvalue weighted by Crippen LogP contribution is 2.35. The number of alkyl halides is 3. The molecule has 20 heavy (non-hydrogen) atoms. The first-order valence-corrected chi connectivity index (χ1v) is 6.45. The molecule has 0 aliphatic rings. The Labute approximate surface area is 124 Å². The molecule has 0 heterocycles. The van der Waals surface area contributed by atoms with Crippen molar-refractivity contribution in [3.05, 3.63) is 34.3 Å². The Kier molecular flexibility index (Phi) is 5.45. The first-order chi connectivity index (χ1) is 9.18. The van der Waals surface area contributed by atoms with Crippen LogP contribution in [0.25, 0.3) is 0 Å². The molecule has 0 amide bonds. The third-order valence-electron chi connectivity index (χ3n) is 2.65. The van der Waals surface area contributed by atoms with Gasteiger partial charge in [0.25, 0.3) is 0 Å².